The van der Waals surface area contributed by atoms with Gasteiger partial charge < -0.3 is 20.3 Å². The number of unbranched alkanes of at least 4 members (excludes halogenated alkanes) is 44. The number of aliphatic hydroxyl groups is 2. The lowest BCUT2D eigenvalue weighted by molar-refractivity contribution is -0.143. The van der Waals surface area contributed by atoms with E-state index in [4.69, 9.17) is 4.74 Å². The molecule has 6 nitrogen and oxygen atoms in total. The van der Waals surface area contributed by atoms with Gasteiger partial charge in [0, 0.05) is 12.8 Å². The lowest BCUT2D eigenvalue weighted by Gasteiger charge is -2.22. The summed E-state index contributed by atoms with van der Waals surface area (Å²) in [5.41, 5.74) is 0. The Bertz CT molecular complexity index is 1090. The molecule has 0 radical (unpaired) electrons. The van der Waals surface area contributed by atoms with Gasteiger partial charge in [-0.25, -0.2) is 0 Å². The Balaban J connectivity index is 3.39. The predicted molar refractivity (Wildman–Crippen MR) is 306 cm³/mol. The lowest BCUT2D eigenvalue weighted by Crippen LogP contribution is -2.45. The van der Waals surface area contributed by atoms with Gasteiger partial charge in [-0.15, -0.1) is 0 Å². The SMILES string of the molecule is CCCCC/C=C\C/C=C\CCCCCCCCCCCC(=O)OCCCCCCCCCCCCCCCCCCCCC(=O)NC(CO)C(O)CCCCCCCCCCCCCCCCCC. The maximum atomic E-state index is 12.5. The zero-order valence-corrected chi connectivity index (χ0v) is 47.3. The molecule has 0 heterocycles. The average Bonchev–Trinajstić information content (AvgIpc) is 3.36. The molecule has 0 aromatic rings. The van der Waals surface area contributed by atoms with E-state index in [1.807, 2.05) is 0 Å². The van der Waals surface area contributed by atoms with Crippen molar-refractivity contribution in [3.8, 4) is 0 Å². The number of carbonyl (C=O) groups is 2. The van der Waals surface area contributed by atoms with E-state index in [0.717, 1.165) is 51.4 Å². The first kappa shape index (κ1) is 68.3. The van der Waals surface area contributed by atoms with Crippen LogP contribution in [0.5, 0.6) is 0 Å². The van der Waals surface area contributed by atoms with Crippen molar-refractivity contribution < 1.29 is 24.5 Å². The minimum Gasteiger partial charge on any atom is -0.466 e. The van der Waals surface area contributed by atoms with Crippen LogP contribution in [0.4, 0.5) is 0 Å². The van der Waals surface area contributed by atoms with Crippen LogP contribution in [0.2, 0.25) is 0 Å². The second-order valence-corrected chi connectivity index (χ2v) is 21.7. The number of carbonyl (C=O) groups excluding carboxylic acids is 2. The number of amides is 1. The number of esters is 1. The lowest BCUT2D eigenvalue weighted by atomic mass is 10.0. The third-order valence-corrected chi connectivity index (χ3v) is 14.8. The van der Waals surface area contributed by atoms with Crippen LogP contribution >= 0.6 is 0 Å². The molecule has 0 fully saturated rings. The van der Waals surface area contributed by atoms with Crippen LogP contribution in [-0.4, -0.2) is 47.4 Å². The van der Waals surface area contributed by atoms with Crippen molar-refractivity contribution in [1.29, 1.82) is 0 Å². The first-order valence-corrected chi connectivity index (χ1v) is 31.6. The van der Waals surface area contributed by atoms with Crippen molar-refractivity contribution in [3.63, 3.8) is 0 Å². The maximum Gasteiger partial charge on any atom is 0.305 e. The average molecular weight is 987 g/mol. The first-order valence-electron chi connectivity index (χ1n) is 31.6. The molecule has 1 amide bonds. The molecular formula is C64H123NO5. The smallest absolute Gasteiger partial charge is 0.305 e. The number of hydrogen-bond acceptors (Lipinski definition) is 5. The van der Waals surface area contributed by atoms with E-state index in [9.17, 15) is 19.8 Å². The Morgan fingerprint density at radius 2 is 0.714 bits per heavy atom. The fourth-order valence-electron chi connectivity index (χ4n) is 9.91. The first-order chi connectivity index (χ1) is 34.5. The summed E-state index contributed by atoms with van der Waals surface area (Å²) in [6.45, 7) is 4.94. The van der Waals surface area contributed by atoms with Crippen LogP contribution in [0.1, 0.15) is 348 Å². The largest absolute Gasteiger partial charge is 0.466 e. The predicted octanol–water partition coefficient (Wildman–Crippen LogP) is 19.8. The van der Waals surface area contributed by atoms with E-state index in [2.05, 4.69) is 43.5 Å². The van der Waals surface area contributed by atoms with Crippen LogP contribution in [0, 0.1) is 0 Å². The number of hydrogen-bond donors (Lipinski definition) is 3. The Morgan fingerprint density at radius 3 is 1.11 bits per heavy atom. The van der Waals surface area contributed by atoms with Crippen molar-refractivity contribution in [1.82, 2.24) is 5.32 Å². The van der Waals surface area contributed by atoms with Gasteiger partial charge in [-0.1, -0.05) is 301 Å². The summed E-state index contributed by atoms with van der Waals surface area (Å²) >= 11 is 0. The van der Waals surface area contributed by atoms with Gasteiger partial charge in [0.25, 0.3) is 0 Å². The van der Waals surface area contributed by atoms with Crippen molar-refractivity contribution >= 4 is 11.9 Å². The molecule has 0 aliphatic heterocycles. The van der Waals surface area contributed by atoms with Crippen LogP contribution in [0.15, 0.2) is 24.3 Å². The Morgan fingerprint density at radius 1 is 0.400 bits per heavy atom. The van der Waals surface area contributed by atoms with Gasteiger partial charge in [0.1, 0.15) is 0 Å². The van der Waals surface area contributed by atoms with Crippen molar-refractivity contribution in [2.45, 2.75) is 360 Å². The highest BCUT2D eigenvalue weighted by atomic mass is 16.5. The zero-order chi connectivity index (χ0) is 50.7. The Labute approximate surface area is 437 Å². The molecule has 0 aliphatic carbocycles. The Kier molecular flexibility index (Phi) is 58.5. The number of rotatable bonds is 59. The van der Waals surface area contributed by atoms with E-state index in [1.54, 1.807) is 0 Å². The summed E-state index contributed by atoms with van der Waals surface area (Å²) in [7, 11) is 0. The van der Waals surface area contributed by atoms with Crippen LogP contribution in [-0.2, 0) is 14.3 Å². The molecule has 414 valence electrons. The maximum absolute atomic E-state index is 12.5. The van der Waals surface area contributed by atoms with Gasteiger partial charge in [0.05, 0.1) is 25.4 Å². The van der Waals surface area contributed by atoms with Gasteiger partial charge in [-0.05, 0) is 57.8 Å². The van der Waals surface area contributed by atoms with Gasteiger partial charge in [-0.3, -0.25) is 9.59 Å². The molecule has 70 heavy (non-hydrogen) atoms. The number of aliphatic hydroxyl groups excluding tert-OH is 2. The van der Waals surface area contributed by atoms with Gasteiger partial charge in [-0.2, -0.15) is 0 Å². The minimum atomic E-state index is -0.667. The van der Waals surface area contributed by atoms with E-state index < -0.39 is 12.1 Å². The fraction of sp³-hybridized carbons (Fsp3) is 0.906. The summed E-state index contributed by atoms with van der Waals surface area (Å²) in [5, 5.41) is 23.3. The molecule has 0 bridgehead atoms. The molecule has 2 atom stereocenters. The third kappa shape index (κ3) is 55.7. The highest BCUT2D eigenvalue weighted by Gasteiger charge is 2.20. The van der Waals surface area contributed by atoms with Crippen LogP contribution < -0.4 is 5.32 Å². The highest BCUT2D eigenvalue weighted by molar-refractivity contribution is 5.76. The summed E-state index contributed by atoms with van der Waals surface area (Å²) in [6, 6.07) is -0.545. The molecule has 0 aromatic heterocycles. The third-order valence-electron chi connectivity index (χ3n) is 14.8. The molecule has 0 aromatic carbocycles. The Hall–Kier alpha value is -1.66. The van der Waals surface area contributed by atoms with Crippen LogP contribution in [0.25, 0.3) is 0 Å². The molecule has 0 spiro atoms. The van der Waals surface area contributed by atoms with Crippen molar-refractivity contribution in [2.75, 3.05) is 13.2 Å². The van der Waals surface area contributed by atoms with Crippen LogP contribution in [0.3, 0.4) is 0 Å². The molecule has 0 rings (SSSR count). The van der Waals surface area contributed by atoms with E-state index in [1.165, 1.54) is 263 Å². The molecular weight excluding hydrogens is 863 g/mol. The minimum absolute atomic E-state index is 0.00424. The molecule has 2 unspecified atom stereocenters. The summed E-state index contributed by atoms with van der Waals surface area (Å²) in [5.74, 6) is -0.0324. The summed E-state index contributed by atoms with van der Waals surface area (Å²) in [6.07, 6.45) is 73.2. The van der Waals surface area contributed by atoms with E-state index >= 15 is 0 Å². The van der Waals surface area contributed by atoms with Crippen molar-refractivity contribution in [2.24, 2.45) is 0 Å². The van der Waals surface area contributed by atoms with Crippen molar-refractivity contribution in [3.05, 3.63) is 24.3 Å². The monoisotopic (exact) mass is 986 g/mol. The number of ether oxygens (including phenoxy) is 1. The summed E-state index contributed by atoms with van der Waals surface area (Å²) < 4.78 is 5.50. The van der Waals surface area contributed by atoms with E-state index in [-0.39, 0.29) is 18.5 Å². The van der Waals surface area contributed by atoms with Gasteiger partial charge in [0.2, 0.25) is 5.91 Å². The normalized spacial score (nSPS) is 12.7. The van der Waals surface area contributed by atoms with E-state index in [0.29, 0.717) is 25.9 Å². The van der Waals surface area contributed by atoms with Gasteiger partial charge in [0.15, 0.2) is 0 Å². The highest BCUT2D eigenvalue weighted by Crippen LogP contribution is 2.18. The zero-order valence-electron chi connectivity index (χ0n) is 47.3. The number of allylic oxidation sites excluding steroid dienone is 4. The summed E-state index contributed by atoms with van der Waals surface area (Å²) in [4.78, 5) is 24.6. The molecule has 0 saturated heterocycles. The second kappa shape index (κ2) is 59.9. The molecule has 0 aliphatic rings. The fourth-order valence-corrected chi connectivity index (χ4v) is 9.91. The molecule has 3 N–H and O–H groups in total. The molecule has 0 saturated carbocycles. The van der Waals surface area contributed by atoms with Gasteiger partial charge >= 0.3 is 5.97 Å². The quantitative estimate of drug-likeness (QED) is 0.0321. The molecule has 6 heteroatoms. The number of nitrogens with one attached hydrogen (secondary N) is 1. The topological polar surface area (TPSA) is 95.9 Å². The second-order valence-electron chi connectivity index (χ2n) is 21.7. The standard InChI is InChI=1S/C64H123NO5/c1-3-5-7-9-11-13-15-17-19-21-22-26-30-34-38-42-46-50-54-58-64(69)70-59-55-51-47-43-39-35-31-27-24-23-25-29-33-37-41-45-49-53-57-63(68)65-61(60-66)62(67)56-52-48-44-40-36-32-28-20-18-16-14-12-10-8-6-4-2/h11,13,17,19,61-62,66-67H,3-10,12,14-16,18,20-60H2,1-2H3,(H,65,68)/b13-11-,19-17-.